The molecule has 1 aromatic heterocycles. The number of ether oxygens (including phenoxy) is 1. The van der Waals surface area contributed by atoms with Gasteiger partial charge in [-0.15, -0.1) is 5.10 Å². The second kappa shape index (κ2) is 6.30. The van der Waals surface area contributed by atoms with Crippen LogP contribution in [0.2, 0.25) is 0 Å². The molecule has 1 aliphatic rings. The lowest BCUT2D eigenvalue weighted by atomic mass is 10.0. The lowest BCUT2D eigenvalue weighted by molar-refractivity contribution is 0.0524. The molecule has 19 heavy (non-hydrogen) atoms. The van der Waals surface area contributed by atoms with E-state index in [-0.39, 0.29) is 0 Å². The number of hydrogen-bond acceptors (Lipinski definition) is 5. The molecule has 0 bridgehead atoms. The van der Waals surface area contributed by atoms with Crippen LogP contribution in [0.25, 0.3) is 0 Å². The first-order valence-electron chi connectivity index (χ1n) is 7.06. The summed E-state index contributed by atoms with van der Waals surface area (Å²) in [6, 6.07) is 0. The number of hydrogen-bond donors (Lipinski definition) is 1. The first-order chi connectivity index (χ1) is 9.17. The van der Waals surface area contributed by atoms with Crippen molar-refractivity contribution in [1.29, 1.82) is 0 Å². The fourth-order valence-corrected chi connectivity index (χ4v) is 2.64. The smallest absolute Gasteiger partial charge is 0.156 e. The quantitative estimate of drug-likeness (QED) is 0.894. The highest BCUT2D eigenvalue weighted by Gasteiger charge is 2.24. The van der Waals surface area contributed by atoms with Gasteiger partial charge in [-0.25, -0.2) is 0 Å². The summed E-state index contributed by atoms with van der Waals surface area (Å²) in [5.41, 5.74) is 9.13. The van der Waals surface area contributed by atoms with E-state index in [9.17, 15) is 0 Å². The van der Waals surface area contributed by atoms with Gasteiger partial charge in [0.1, 0.15) is 0 Å². The van der Waals surface area contributed by atoms with Crippen LogP contribution in [0.3, 0.4) is 0 Å². The first-order valence-corrected chi connectivity index (χ1v) is 7.06. The Morgan fingerprint density at radius 2 is 2.16 bits per heavy atom. The van der Waals surface area contributed by atoms with Crippen molar-refractivity contribution < 1.29 is 4.74 Å². The van der Waals surface area contributed by atoms with Gasteiger partial charge in [0.2, 0.25) is 0 Å². The molecule has 0 aliphatic carbocycles. The molecule has 1 fully saturated rings. The third kappa shape index (κ3) is 3.04. The van der Waals surface area contributed by atoms with Crippen molar-refractivity contribution >= 4 is 5.82 Å². The summed E-state index contributed by atoms with van der Waals surface area (Å²) in [6.07, 6.45) is 2.55. The monoisotopic (exact) mass is 264 g/mol. The Morgan fingerprint density at radius 3 is 2.84 bits per heavy atom. The number of nitrogens with two attached hydrogens (primary N) is 1. The zero-order chi connectivity index (χ0) is 13.8. The van der Waals surface area contributed by atoms with Gasteiger partial charge in [0.25, 0.3) is 0 Å². The third-order valence-electron chi connectivity index (χ3n) is 3.84. The lowest BCUT2D eigenvalue weighted by Crippen LogP contribution is -2.41. The Balaban J connectivity index is 2.23. The summed E-state index contributed by atoms with van der Waals surface area (Å²) in [5, 5.41) is 8.61. The second-order valence-corrected chi connectivity index (χ2v) is 5.08. The van der Waals surface area contributed by atoms with E-state index in [0.29, 0.717) is 12.6 Å². The highest BCUT2D eigenvalue weighted by atomic mass is 16.5. The minimum atomic E-state index is 0.299. The zero-order valence-corrected chi connectivity index (χ0v) is 12.1. The molecule has 0 aromatic carbocycles. The van der Waals surface area contributed by atoms with Crippen LogP contribution in [0.4, 0.5) is 5.82 Å². The average Bonchev–Trinajstić information content (AvgIpc) is 2.42. The van der Waals surface area contributed by atoms with Crippen LogP contribution in [0.5, 0.6) is 0 Å². The number of anilines is 1. The van der Waals surface area contributed by atoms with Gasteiger partial charge in [0.15, 0.2) is 5.82 Å². The maximum Gasteiger partial charge on any atom is 0.156 e. The third-order valence-corrected chi connectivity index (χ3v) is 3.84. The molecule has 5 nitrogen and oxygen atoms in total. The predicted molar refractivity (Wildman–Crippen MR) is 76.3 cm³/mol. The summed E-state index contributed by atoms with van der Waals surface area (Å²) in [7, 11) is 0. The molecule has 1 unspecified atom stereocenters. The fourth-order valence-electron chi connectivity index (χ4n) is 2.64. The lowest BCUT2D eigenvalue weighted by Gasteiger charge is -2.34. The number of aryl methyl sites for hydroxylation is 1. The number of aromatic nitrogens is 2. The van der Waals surface area contributed by atoms with E-state index in [2.05, 4.69) is 22.0 Å². The second-order valence-electron chi connectivity index (χ2n) is 5.08. The number of piperidine rings is 1. The summed E-state index contributed by atoms with van der Waals surface area (Å²) in [4.78, 5) is 2.27. The van der Waals surface area contributed by atoms with Crippen LogP contribution >= 0.6 is 0 Å². The molecule has 106 valence electrons. The van der Waals surface area contributed by atoms with Gasteiger partial charge in [0.05, 0.1) is 11.8 Å². The molecule has 0 radical (unpaired) electrons. The summed E-state index contributed by atoms with van der Waals surface area (Å²) < 4.78 is 5.74. The van der Waals surface area contributed by atoms with Gasteiger partial charge in [-0.05, 0) is 39.2 Å². The molecular formula is C14H24N4O. The Labute approximate surface area is 115 Å². The Hall–Kier alpha value is -1.20. The van der Waals surface area contributed by atoms with E-state index in [1.54, 1.807) is 0 Å². The van der Waals surface area contributed by atoms with E-state index >= 15 is 0 Å². The average molecular weight is 264 g/mol. The molecule has 0 amide bonds. The molecule has 1 saturated heterocycles. The van der Waals surface area contributed by atoms with Crippen LogP contribution in [0.15, 0.2) is 0 Å². The Bertz CT molecular complexity index is 434. The standard InChI is InChI=1S/C14H24N4O/c1-4-19-12-6-5-7-18(9-12)14-13(8-15)10(2)11(3)16-17-14/h12H,4-9,15H2,1-3H3. The minimum absolute atomic E-state index is 0.299. The van der Waals surface area contributed by atoms with Gasteiger partial charge >= 0.3 is 0 Å². The van der Waals surface area contributed by atoms with Crippen molar-refractivity contribution in [3.05, 3.63) is 16.8 Å². The number of rotatable bonds is 4. The maximum absolute atomic E-state index is 5.89. The van der Waals surface area contributed by atoms with Gasteiger partial charge in [-0.2, -0.15) is 5.10 Å². The van der Waals surface area contributed by atoms with Gasteiger partial charge < -0.3 is 15.4 Å². The van der Waals surface area contributed by atoms with Gasteiger partial charge in [-0.3, -0.25) is 0 Å². The topological polar surface area (TPSA) is 64.3 Å². The molecule has 1 aromatic rings. The van der Waals surface area contributed by atoms with Crippen molar-refractivity contribution in [2.24, 2.45) is 5.73 Å². The first kappa shape index (κ1) is 14.2. The minimum Gasteiger partial charge on any atom is -0.377 e. The molecular weight excluding hydrogens is 240 g/mol. The van der Waals surface area contributed by atoms with Crippen molar-refractivity contribution in [2.75, 3.05) is 24.6 Å². The van der Waals surface area contributed by atoms with E-state index in [1.165, 1.54) is 0 Å². The molecule has 1 aliphatic heterocycles. The van der Waals surface area contributed by atoms with E-state index in [0.717, 1.165) is 55.2 Å². The molecule has 2 heterocycles. The molecule has 2 rings (SSSR count). The van der Waals surface area contributed by atoms with Gasteiger partial charge in [-0.1, -0.05) is 0 Å². The van der Waals surface area contributed by atoms with Crippen LogP contribution in [-0.2, 0) is 11.3 Å². The van der Waals surface area contributed by atoms with Crippen molar-refractivity contribution in [3.8, 4) is 0 Å². The van der Waals surface area contributed by atoms with Crippen LogP contribution < -0.4 is 10.6 Å². The fraction of sp³-hybridized carbons (Fsp3) is 0.714. The molecule has 5 heteroatoms. The van der Waals surface area contributed by atoms with Gasteiger partial charge in [0, 0.05) is 31.8 Å². The van der Waals surface area contributed by atoms with Crippen LogP contribution in [0, 0.1) is 13.8 Å². The highest BCUT2D eigenvalue weighted by Crippen LogP contribution is 2.25. The summed E-state index contributed by atoms with van der Waals surface area (Å²) >= 11 is 0. The predicted octanol–water partition coefficient (Wildman–Crippen LogP) is 1.56. The number of nitrogens with zero attached hydrogens (tertiary/aromatic N) is 3. The Kier molecular flexibility index (Phi) is 4.71. The SMILES string of the molecule is CCOC1CCCN(c2nnc(C)c(C)c2CN)C1. The van der Waals surface area contributed by atoms with Crippen LogP contribution in [-0.4, -0.2) is 36.0 Å². The van der Waals surface area contributed by atoms with E-state index in [1.807, 2.05) is 13.8 Å². The maximum atomic E-state index is 5.89. The largest absolute Gasteiger partial charge is 0.377 e. The Morgan fingerprint density at radius 1 is 1.37 bits per heavy atom. The zero-order valence-electron chi connectivity index (χ0n) is 12.1. The van der Waals surface area contributed by atoms with Crippen LogP contribution in [0.1, 0.15) is 36.6 Å². The van der Waals surface area contributed by atoms with Crippen molar-refractivity contribution in [1.82, 2.24) is 10.2 Å². The molecule has 1 atom stereocenters. The molecule has 0 saturated carbocycles. The van der Waals surface area contributed by atoms with Crippen molar-refractivity contribution in [2.45, 2.75) is 46.3 Å². The summed E-state index contributed by atoms with van der Waals surface area (Å²) in [5.74, 6) is 0.940. The summed E-state index contributed by atoms with van der Waals surface area (Å²) in [6.45, 7) is 9.25. The molecule has 0 spiro atoms. The van der Waals surface area contributed by atoms with Crippen molar-refractivity contribution in [3.63, 3.8) is 0 Å². The van der Waals surface area contributed by atoms with E-state index < -0.39 is 0 Å². The normalized spacial score (nSPS) is 19.8. The molecule has 2 N–H and O–H groups in total. The van der Waals surface area contributed by atoms with E-state index in [4.69, 9.17) is 10.5 Å². The highest BCUT2D eigenvalue weighted by molar-refractivity contribution is 5.51.